The molecule has 0 rings (SSSR count). The van der Waals surface area contributed by atoms with Gasteiger partial charge in [0, 0.05) is 12.1 Å². The van der Waals surface area contributed by atoms with Gasteiger partial charge in [-0.05, 0) is 20.3 Å². The fourth-order valence-corrected chi connectivity index (χ4v) is 0.992. The van der Waals surface area contributed by atoms with Crippen LogP contribution >= 0.6 is 0 Å². The molecule has 3 heteroatoms. The molecular weight excluding hydrogens is 154 g/mol. The van der Waals surface area contributed by atoms with Crippen LogP contribution in [0.15, 0.2) is 12.0 Å². The summed E-state index contributed by atoms with van der Waals surface area (Å²) < 4.78 is 0. The van der Waals surface area contributed by atoms with Crippen LogP contribution in [-0.2, 0) is 4.79 Å². The summed E-state index contributed by atoms with van der Waals surface area (Å²) in [6, 6.07) is 0.214. The maximum absolute atomic E-state index is 10.5. The van der Waals surface area contributed by atoms with Crippen LogP contribution in [0.2, 0.25) is 0 Å². The second kappa shape index (κ2) is 5.63. The van der Waals surface area contributed by atoms with E-state index in [1.807, 2.05) is 6.92 Å². The molecule has 0 aromatic carbocycles. The first kappa shape index (κ1) is 11.0. The summed E-state index contributed by atoms with van der Waals surface area (Å²) in [5.41, 5.74) is 0. The Bertz CT molecular complexity index is 175. The van der Waals surface area contributed by atoms with E-state index in [4.69, 9.17) is 5.11 Å². The van der Waals surface area contributed by atoms with Gasteiger partial charge in [-0.15, -0.1) is 0 Å². The van der Waals surface area contributed by atoms with Crippen LogP contribution in [0.5, 0.6) is 0 Å². The van der Waals surface area contributed by atoms with Crippen molar-refractivity contribution >= 4 is 5.78 Å². The standard InChI is InChI=1S/C9H17NO2/c1-4-5-7(2)10-9(12)6-8(3)11/h6-7,10,12H,4-5H2,1-3H3/b9-6-. The Hall–Kier alpha value is -0.990. The molecule has 2 N–H and O–H groups in total. The van der Waals surface area contributed by atoms with Crippen molar-refractivity contribution < 1.29 is 9.90 Å². The lowest BCUT2D eigenvalue weighted by molar-refractivity contribution is -0.112. The van der Waals surface area contributed by atoms with Crippen molar-refractivity contribution in [1.29, 1.82) is 0 Å². The van der Waals surface area contributed by atoms with Crippen LogP contribution in [0.4, 0.5) is 0 Å². The zero-order valence-corrected chi connectivity index (χ0v) is 7.92. The molecule has 3 nitrogen and oxygen atoms in total. The highest BCUT2D eigenvalue weighted by Crippen LogP contribution is 1.97. The molecule has 0 fully saturated rings. The highest BCUT2D eigenvalue weighted by atomic mass is 16.3. The van der Waals surface area contributed by atoms with Crippen molar-refractivity contribution in [3.05, 3.63) is 12.0 Å². The van der Waals surface area contributed by atoms with Crippen molar-refractivity contribution in [2.45, 2.75) is 39.7 Å². The van der Waals surface area contributed by atoms with E-state index in [9.17, 15) is 4.79 Å². The molecule has 0 aliphatic rings. The van der Waals surface area contributed by atoms with Gasteiger partial charge in [0.1, 0.15) is 0 Å². The molecule has 0 heterocycles. The highest BCUT2D eigenvalue weighted by molar-refractivity contribution is 5.87. The topological polar surface area (TPSA) is 49.3 Å². The fourth-order valence-electron chi connectivity index (χ4n) is 0.992. The molecule has 0 aromatic heterocycles. The van der Waals surface area contributed by atoms with Crippen molar-refractivity contribution in [2.75, 3.05) is 0 Å². The van der Waals surface area contributed by atoms with Crippen LogP contribution in [0.3, 0.4) is 0 Å². The lowest BCUT2D eigenvalue weighted by Crippen LogP contribution is -2.25. The number of hydrogen-bond donors (Lipinski definition) is 2. The summed E-state index contributed by atoms with van der Waals surface area (Å²) in [6.07, 6.45) is 3.23. The van der Waals surface area contributed by atoms with Gasteiger partial charge in [-0.25, -0.2) is 0 Å². The molecule has 0 amide bonds. The van der Waals surface area contributed by atoms with Gasteiger partial charge < -0.3 is 10.4 Å². The van der Waals surface area contributed by atoms with Crippen molar-refractivity contribution in [3.63, 3.8) is 0 Å². The van der Waals surface area contributed by atoms with Gasteiger partial charge in [0.2, 0.25) is 0 Å². The molecule has 0 aliphatic carbocycles. The zero-order valence-electron chi connectivity index (χ0n) is 7.92. The highest BCUT2D eigenvalue weighted by Gasteiger charge is 2.01. The number of rotatable bonds is 5. The fraction of sp³-hybridized carbons (Fsp3) is 0.667. The van der Waals surface area contributed by atoms with E-state index in [1.165, 1.54) is 13.0 Å². The summed E-state index contributed by atoms with van der Waals surface area (Å²) in [5.74, 6) is -0.188. The predicted octanol–water partition coefficient (Wildman–Crippen LogP) is 1.75. The zero-order chi connectivity index (χ0) is 9.56. The Morgan fingerprint density at radius 3 is 2.67 bits per heavy atom. The Kier molecular flexibility index (Phi) is 5.17. The van der Waals surface area contributed by atoms with Crippen LogP contribution in [-0.4, -0.2) is 16.9 Å². The number of carbonyl (C=O) groups excluding carboxylic acids is 1. The van der Waals surface area contributed by atoms with E-state index in [0.29, 0.717) is 0 Å². The van der Waals surface area contributed by atoms with E-state index in [2.05, 4.69) is 12.2 Å². The van der Waals surface area contributed by atoms with E-state index < -0.39 is 0 Å². The van der Waals surface area contributed by atoms with Crippen molar-refractivity contribution in [2.24, 2.45) is 0 Å². The Morgan fingerprint density at radius 2 is 2.25 bits per heavy atom. The Morgan fingerprint density at radius 1 is 1.67 bits per heavy atom. The molecule has 0 radical (unpaired) electrons. The van der Waals surface area contributed by atoms with E-state index >= 15 is 0 Å². The number of aliphatic hydroxyl groups is 1. The third-order valence-electron chi connectivity index (χ3n) is 1.46. The average molecular weight is 171 g/mol. The van der Waals surface area contributed by atoms with E-state index in [1.54, 1.807) is 0 Å². The normalized spacial score (nSPS) is 14.1. The smallest absolute Gasteiger partial charge is 0.187 e. The second-order valence-electron chi connectivity index (χ2n) is 2.97. The minimum absolute atomic E-state index is 0.0385. The van der Waals surface area contributed by atoms with Gasteiger partial charge in [-0.1, -0.05) is 13.3 Å². The summed E-state index contributed by atoms with van der Waals surface area (Å²) in [5, 5.41) is 12.0. The lowest BCUT2D eigenvalue weighted by Gasteiger charge is -2.12. The van der Waals surface area contributed by atoms with Crippen molar-refractivity contribution in [3.8, 4) is 0 Å². The number of ketones is 1. The minimum atomic E-state index is -0.149. The van der Waals surface area contributed by atoms with Gasteiger partial charge in [0.25, 0.3) is 0 Å². The Labute approximate surface area is 73.5 Å². The summed E-state index contributed by atoms with van der Waals surface area (Å²) >= 11 is 0. The minimum Gasteiger partial charge on any atom is -0.495 e. The lowest BCUT2D eigenvalue weighted by atomic mass is 10.2. The van der Waals surface area contributed by atoms with Crippen LogP contribution in [0, 0.1) is 0 Å². The van der Waals surface area contributed by atoms with Gasteiger partial charge in [0.05, 0.1) is 0 Å². The van der Waals surface area contributed by atoms with Crippen LogP contribution < -0.4 is 5.32 Å². The first-order valence-corrected chi connectivity index (χ1v) is 4.24. The molecule has 0 saturated carbocycles. The van der Waals surface area contributed by atoms with Gasteiger partial charge >= 0.3 is 0 Å². The maximum atomic E-state index is 10.5. The number of nitrogens with one attached hydrogen (secondary N) is 1. The molecule has 1 atom stereocenters. The van der Waals surface area contributed by atoms with Gasteiger partial charge in [-0.3, -0.25) is 4.79 Å². The first-order valence-electron chi connectivity index (χ1n) is 4.24. The number of allylic oxidation sites excluding steroid dienone is 1. The number of hydrogen-bond acceptors (Lipinski definition) is 3. The molecule has 1 unspecified atom stereocenters. The molecule has 0 bridgehead atoms. The van der Waals surface area contributed by atoms with Crippen LogP contribution in [0.1, 0.15) is 33.6 Å². The SMILES string of the molecule is CCCC(C)N/C(O)=C/C(C)=O. The second-order valence-corrected chi connectivity index (χ2v) is 2.97. The third kappa shape index (κ3) is 5.77. The molecule has 0 saturated heterocycles. The monoisotopic (exact) mass is 171 g/mol. The number of carbonyl (C=O) groups is 1. The molecule has 0 spiro atoms. The first-order chi connectivity index (χ1) is 5.56. The molecule has 12 heavy (non-hydrogen) atoms. The summed E-state index contributed by atoms with van der Waals surface area (Å²) in [4.78, 5) is 10.5. The molecular formula is C9H17NO2. The van der Waals surface area contributed by atoms with E-state index in [0.717, 1.165) is 12.8 Å². The predicted molar refractivity (Wildman–Crippen MR) is 48.9 cm³/mol. The molecule has 70 valence electrons. The quantitative estimate of drug-likeness (QED) is 0.489. The van der Waals surface area contributed by atoms with E-state index in [-0.39, 0.29) is 17.7 Å². The van der Waals surface area contributed by atoms with Gasteiger partial charge in [-0.2, -0.15) is 0 Å². The number of aliphatic hydroxyl groups excluding tert-OH is 1. The van der Waals surface area contributed by atoms with Crippen LogP contribution in [0.25, 0.3) is 0 Å². The third-order valence-corrected chi connectivity index (χ3v) is 1.46. The largest absolute Gasteiger partial charge is 0.495 e. The van der Waals surface area contributed by atoms with Crippen molar-refractivity contribution in [1.82, 2.24) is 5.32 Å². The molecule has 0 aliphatic heterocycles. The molecule has 0 aromatic rings. The maximum Gasteiger partial charge on any atom is 0.187 e. The summed E-state index contributed by atoms with van der Waals surface area (Å²) in [7, 11) is 0. The van der Waals surface area contributed by atoms with Gasteiger partial charge in [0.15, 0.2) is 11.7 Å². The Balaban J connectivity index is 3.82. The average Bonchev–Trinajstić information content (AvgIpc) is 1.84. The summed E-state index contributed by atoms with van der Waals surface area (Å²) in [6.45, 7) is 5.44.